The van der Waals surface area contributed by atoms with Gasteiger partial charge in [0.2, 0.25) is 17.7 Å². The van der Waals surface area contributed by atoms with Gasteiger partial charge in [-0.15, -0.1) is 0 Å². The smallest absolute Gasteiger partial charge is 0.231 e. The SMILES string of the molecule is CC(=O)CC(=O)Nc1ccccc1.CC(=O)CC(=O)Nc1ccccc1.CC(=O)Nc1ccccc1. The van der Waals surface area contributed by atoms with Crippen molar-refractivity contribution >= 4 is 46.4 Å². The van der Waals surface area contributed by atoms with Gasteiger partial charge in [-0.05, 0) is 50.2 Å². The molecule has 8 heteroatoms. The Morgan fingerprint density at radius 2 is 0.750 bits per heavy atom. The van der Waals surface area contributed by atoms with Crippen molar-refractivity contribution in [2.24, 2.45) is 0 Å². The molecule has 3 N–H and O–H groups in total. The monoisotopic (exact) mass is 489 g/mol. The highest BCUT2D eigenvalue weighted by molar-refractivity contribution is 6.04. The van der Waals surface area contributed by atoms with Gasteiger partial charge in [0, 0.05) is 24.0 Å². The van der Waals surface area contributed by atoms with Gasteiger partial charge in [0.05, 0.1) is 12.8 Å². The summed E-state index contributed by atoms with van der Waals surface area (Å²) in [4.78, 5) is 53.9. The Balaban J connectivity index is 0.000000273. The second-order valence-corrected chi connectivity index (χ2v) is 7.63. The summed E-state index contributed by atoms with van der Waals surface area (Å²) in [5, 5.41) is 7.89. The van der Waals surface area contributed by atoms with Crippen molar-refractivity contribution in [2.75, 3.05) is 16.0 Å². The summed E-state index contributed by atoms with van der Waals surface area (Å²) in [5.41, 5.74) is 2.28. The van der Waals surface area contributed by atoms with Crippen LogP contribution >= 0.6 is 0 Å². The third kappa shape index (κ3) is 15.3. The normalized spacial score (nSPS) is 9.19. The van der Waals surface area contributed by atoms with Crippen LogP contribution < -0.4 is 16.0 Å². The van der Waals surface area contributed by atoms with Crippen LogP contribution in [-0.2, 0) is 24.0 Å². The van der Waals surface area contributed by atoms with Crippen LogP contribution in [0.3, 0.4) is 0 Å². The number of carbonyl (C=O) groups excluding carboxylic acids is 5. The van der Waals surface area contributed by atoms with Crippen molar-refractivity contribution in [3.63, 3.8) is 0 Å². The topological polar surface area (TPSA) is 121 Å². The Kier molecular flexibility index (Phi) is 13.9. The van der Waals surface area contributed by atoms with Crippen LogP contribution in [0.2, 0.25) is 0 Å². The van der Waals surface area contributed by atoms with Gasteiger partial charge in [0.1, 0.15) is 11.6 Å². The van der Waals surface area contributed by atoms with Crippen molar-refractivity contribution in [1.29, 1.82) is 0 Å². The lowest BCUT2D eigenvalue weighted by atomic mass is 10.2. The van der Waals surface area contributed by atoms with Gasteiger partial charge in [-0.25, -0.2) is 0 Å². The summed E-state index contributed by atoms with van der Waals surface area (Å²) in [6, 6.07) is 27.5. The number of amides is 3. The number of nitrogens with one attached hydrogen (secondary N) is 3. The van der Waals surface area contributed by atoms with E-state index in [4.69, 9.17) is 0 Å². The number of benzene rings is 3. The van der Waals surface area contributed by atoms with Gasteiger partial charge < -0.3 is 16.0 Å². The highest BCUT2D eigenvalue weighted by Crippen LogP contribution is 2.06. The van der Waals surface area contributed by atoms with E-state index in [0.717, 1.165) is 5.69 Å². The minimum atomic E-state index is -0.265. The van der Waals surface area contributed by atoms with Crippen LogP contribution in [-0.4, -0.2) is 29.3 Å². The second-order valence-electron chi connectivity index (χ2n) is 7.63. The lowest BCUT2D eigenvalue weighted by molar-refractivity contribution is -0.125. The first-order valence-corrected chi connectivity index (χ1v) is 11.2. The van der Waals surface area contributed by atoms with Gasteiger partial charge in [0.25, 0.3) is 0 Å². The van der Waals surface area contributed by atoms with E-state index in [1.807, 2.05) is 66.7 Å². The van der Waals surface area contributed by atoms with Crippen molar-refractivity contribution in [2.45, 2.75) is 33.6 Å². The van der Waals surface area contributed by atoms with Crippen LogP contribution in [0, 0.1) is 0 Å². The first-order valence-electron chi connectivity index (χ1n) is 11.2. The van der Waals surface area contributed by atoms with Gasteiger partial charge >= 0.3 is 0 Å². The fourth-order valence-electron chi connectivity index (χ4n) is 2.63. The lowest BCUT2D eigenvalue weighted by Gasteiger charge is -2.01. The maximum absolute atomic E-state index is 11.1. The van der Waals surface area contributed by atoms with Crippen LogP contribution in [0.15, 0.2) is 91.0 Å². The molecular formula is C28H31N3O5. The largest absolute Gasteiger partial charge is 0.326 e. The minimum absolute atomic E-state index is 0.0359. The van der Waals surface area contributed by atoms with Crippen molar-refractivity contribution < 1.29 is 24.0 Å². The second kappa shape index (κ2) is 16.9. The molecule has 0 heterocycles. The average Bonchev–Trinajstić information content (AvgIpc) is 2.80. The predicted octanol–water partition coefficient (Wildman–Crippen LogP) is 4.85. The molecule has 0 atom stereocenters. The lowest BCUT2D eigenvalue weighted by Crippen LogP contribution is -2.14. The molecule has 0 saturated carbocycles. The third-order valence-corrected chi connectivity index (χ3v) is 4.03. The predicted molar refractivity (Wildman–Crippen MR) is 141 cm³/mol. The number of anilines is 3. The molecule has 3 rings (SSSR count). The van der Waals surface area contributed by atoms with E-state index in [2.05, 4.69) is 16.0 Å². The zero-order valence-corrected chi connectivity index (χ0v) is 20.6. The maximum atomic E-state index is 11.1. The van der Waals surface area contributed by atoms with Gasteiger partial charge in [-0.1, -0.05) is 54.6 Å². The summed E-state index contributed by atoms with van der Waals surface area (Å²) in [6.07, 6.45) is -0.121. The van der Waals surface area contributed by atoms with Crippen LogP contribution in [0.4, 0.5) is 17.1 Å². The van der Waals surface area contributed by atoms with Gasteiger partial charge in [-0.2, -0.15) is 0 Å². The molecule has 0 saturated heterocycles. The number of carbonyl (C=O) groups is 5. The van der Waals surface area contributed by atoms with E-state index in [-0.39, 0.29) is 42.1 Å². The summed E-state index contributed by atoms with van der Waals surface area (Å²) >= 11 is 0. The van der Waals surface area contributed by atoms with E-state index >= 15 is 0 Å². The molecule has 0 aliphatic rings. The van der Waals surface area contributed by atoms with Crippen molar-refractivity contribution in [1.82, 2.24) is 0 Å². The number of hydrogen-bond acceptors (Lipinski definition) is 5. The van der Waals surface area contributed by atoms with E-state index in [0.29, 0.717) is 11.4 Å². The van der Waals surface area contributed by atoms with Crippen LogP contribution in [0.5, 0.6) is 0 Å². The Labute approximate surface area is 211 Å². The highest BCUT2D eigenvalue weighted by atomic mass is 16.2. The summed E-state index contributed by atoms with van der Waals surface area (Å²) in [5.74, 6) is -0.828. The Hall–Kier alpha value is -4.59. The van der Waals surface area contributed by atoms with Crippen molar-refractivity contribution in [3.05, 3.63) is 91.0 Å². The number of Topliss-reactive ketones (excluding diaryl/α,β-unsaturated/α-hetero) is 2. The molecule has 8 nitrogen and oxygen atoms in total. The van der Waals surface area contributed by atoms with E-state index < -0.39 is 0 Å². The van der Waals surface area contributed by atoms with E-state index in [1.54, 1.807) is 24.3 Å². The van der Waals surface area contributed by atoms with Crippen LogP contribution in [0.1, 0.15) is 33.6 Å². The highest BCUT2D eigenvalue weighted by Gasteiger charge is 2.05. The Bertz CT molecular complexity index is 1050. The molecule has 0 radical (unpaired) electrons. The average molecular weight is 490 g/mol. The zero-order valence-electron chi connectivity index (χ0n) is 20.6. The van der Waals surface area contributed by atoms with E-state index in [1.165, 1.54) is 20.8 Å². The molecule has 0 bridgehead atoms. The molecule has 0 spiro atoms. The molecular weight excluding hydrogens is 458 g/mol. The minimum Gasteiger partial charge on any atom is -0.326 e. The molecule has 0 aromatic heterocycles. The fraction of sp³-hybridized carbons (Fsp3) is 0.179. The molecule has 0 aliphatic heterocycles. The fourth-order valence-corrected chi connectivity index (χ4v) is 2.63. The van der Waals surface area contributed by atoms with E-state index in [9.17, 15) is 24.0 Å². The summed E-state index contributed by atoms with van der Waals surface area (Å²) in [6.45, 7) is 4.28. The quantitative estimate of drug-likeness (QED) is 0.410. The third-order valence-electron chi connectivity index (χ3n) is 4.03. The molecule has 36 heavy (non-hydrogen) atoms. The number of rotatable bonds is 7. The number of ketones is 2. The molecule has 0 unspecified atom stereocenters. The molecule has 188 valence electrons. The molecule has 0 fully saturated rings. The molecule has 3 aromatic carbocycles. The first-order chi connectivity index (χ1) is 17.2. The Morgan fingerprint density at radius 1 is 0.472 bits per heavy atom. The van der Waals surface area contributed by atoms with Crippen molar-refractivity contribution in [3.8, 4) is 0 Å². The van der Waals surface area contributed by atoms with Crippen LogP contribution in [0.25, 0.3) is 0 Å². The Morgan fingerprint density at radius 3 is 1.00 bits per heavy atom. The molecule has 3 aromatic rings. The van der Waals surface area contributed by atoms with Gasteiger partial charge in [-0.3, -0.25) is 24.0 Å². The molecule has 3 amide bonds. The number of hydrogen-bond donors (Lipinski definition) is 3. The number of para-hydroxylation sites is 3. The zero-order chi connectivity index (χ0) is 26.8. The van der Waals surface area contributed by atoms with Gasteiger partial charge in [0.15, 0.2) is 0 Å². The molecule has 0 aliphatic carbocycles. The summed E-state index contributed by atoms with van der Waals surface area (Å²) in [7, 11) is 0. The standard InChI is InChI=1S/2C10H11NO2.C8H9NO/c2*1-8(12)7-10(13)11-9-5-3-2-4-6-9;1-7(10)9-8-5-3-2-4-6-8/h2*2-6H,7H2,1H3,(H,11,13);2-6H,1H3,(H,9,10). The summed E-state index contributed by atoms with van der Waals surface area (Å²) < 4.78 is 0. The maximum Gasteiger partial charge on any atom is 0.231 e. The first kappa shape index (κ1) is 29.4.